The van der Waals surface area contributed by atoms with Crippen molar-refractivity contribution >= 4 is 5.69 Å². The third kappa shape index (κ3) is 4.00. The minimum Gasteiger partial charge on any atom is -0.493 e. The molecule has 2 aromatic rings. The fourth-order valence-corrected chi connectivity index (χ4v) is 1.92. The maximum Gasteiger partial charge on any atom is 0.119 e. The van der Waals surface area contributed by atoms with Crippen molar-refractivity contribution < 1.29 is 9.84 Å². The molecule has 0 aliphatic heterocycles. The van der Waals surface area contributed by atoms with Crippen LogP contribution in [0, 0.1) is 0 Å². The first kappa shape index (κ1) is 13.4. The number of ether oxygens (including phenoxy) is 1. The Bertz CT molecular complexity index is 508. The molecule has 2 aromatic carbocycles. The van der Waals surface area contributed by atoms with Gasteiger partial charge in [-0.2, -0.15) is 0 Å². The van der Waals surface area contributed by atoms with Gasteiger partial charge in [0.15, 0.2) is 0 Å². The summed E-state index contributed by atoms with van der Waals surface area (Å²) in [5.74, 6) is 0.844. The highest BCUT2D eigenvalue weighted by atomic mass is 16.5. The molecule has 0 spiro atoms. The van der Waals surface area contributed by atoms with Gasteiger partial charge in [-0.05, 0) is 35.7 Å². The van der Waals surface area contributed by atoms with Crippen molar-refractivity contribution in [2.45, 2.75) is 12.8 Å². The van der Waals surface area contributed by atoms with E-state index >= 15 is 0 Å². The predicted octanol–water partition coefficient (Wildman–Crippen LogP) is 2.43. The third-order valence-corrected chi connectivity index (χ3v) is 3.02. The van der Waals surface area contributed by atoms with Gasteiger partial charge in [0.2, 0.25) is 0 Å². The Labute approximate surface area is 113 Å². The first-order chi connectivity index (χ1) is 9.29. The minimum absolute atomic E-state index is 0.174. The molecule has 0 aromatic heterocycles. The van der Waals surface area contributed by atoms with Crippen LogP contribution in [0.4, 0.5) is 5.69 Å². The Hall–Kier alpha value is -2.00. The van der Waals surface area contributed by atoms with Gasteiger partial charge in [0.1, 0.15) is 5.75 Å². The van der Waals surface area contributed by atoms with Crippen LogP contribution in [0.5, 0.6) is 5.75 Å². The van der Waals surface area contributed by atoms with Crippen molar-refractivity contribution in [3.05, 3.63) is 59.7 Å². The van der Waals surface area contributed by atoms with Crippen LogP contribution in [-0.4, -0.2) is 18.3 Å². The summed E-state index contributed by atoms with van der Waals surface area (Å²) in [5.41, 5.74) is 8.91. The second-order valence-corrected chi connectivity index (χ2v) is 4.41. The fourth-order valence-electron chi connectivity index (χ4n) is 1.92. The molecule has 0 atom stereocenters. The first-order valence-electron chi connectivity index (χ1n) is 6.45. The molecule has 0 saturated carbocycles. The average molecular weight is 257 g/mol. The Balaban J connectivity index is 1.84. The molecule has 0 aliphatic rings. The molecular formula is C16H19NO2. The van der Waals surface area contributed by atoms with Crippen LogP contribution in [0.1, 0.15) is 11.1 Å². The van der Waals surface area contributed by atoms with Crippen LogP contribution in [-0.2, 0) is 12.8 Å². The fraction of sp³-hybridized carbons (Fsp3) is 0.250. The number of rotatable bonds is 6. The van der Waals surface area contributed by atoms with Gasteiger partial charge in [-0.25, -0.2) is 0 Å². The molecule has 3 N–H and O–H groups in total. The highest BCUT2D eigenvalue weighted by Crippen LogP contribution is 2.15. The van der Waals surface area contributed by atoms with Crippen molar-refractivity contribution in [3.63, 3.8) is 0 Å². The van der Waals surface area contributed by atoms with E-state index in [2.05, 4.69) is 0 Å². The molecule has 0 amide bonds. The smallest absolute Gasteiger partial charge is 0.119 e. The van der Waals surface area contributed by atoms with Crippen molar-refractivity contribution in [1.82, 2.24) is 0 Å². The summed E-state index contributed by atoms with van der Waals surface area (Å²) in [4.78, 5) is 0. The molecule has 3 heteroatoms. The lowest BCUT2D eigenvalue weighted by molar-refractivity contribution is 0.299. The highest BCUT2D eigenvalue weighted by molar-refractivity contribution is 5.46. The molecule has 3 nitrogen and oxygen atoms in total. The van der Waals surface area contributed by atoms with E-state index in [1.54, 1.807) is 0 Å². The van der Waals surface area contributed by atoms with Gasteiger partial charge in [0.25, 0.3) is 0 Å². The molecule has 0 fully saturated rings. The number of hydrogen-bond acceptors (Lipinski definition) is 3. The molecule has 0 heterocycles. The largest absolute Gasteiger partial charge is 0.493 e. The zero-order valence-electron chi connectivity index (χ0n) is 10.9. The van der Waals surface area contributed by atoms with Crippen LogP contribution >= 0.6 is 0 Å². The lowest BCUT2D eigenvalue weighted by atomic mass is 10.1. The van der Waals surface area contributed by atoms with E-state index in [-0.39, 0.29) is 6.61 Å². The van der Waals surface area contributed by atoms with Crippen molar-refractivity contribution in [2.24, 2.45) is 0 Å². The number of anilines is 1. The van der Waals surface area contributed by atoms with Gasteiger partial charge in [-0.15, -0.1) is 0 Å². The number of nitrogen functional groups attached to an aromatic ring is 1. The number of para-hydroxylation sites is 1. The standard InChI is InChI=1S/C16H19NO2/c17-16-4-2-1-3-14(16)10-12-19-15-7-5-13(6-8-15)9-11-18/h1-8,18H,9-12,17H2. The molecule has 100 valence electrons. The topological polar surface area (TPSA) is 55.5 Å². The van der Waals surface area contributed by atoms with Crippen molar-refractivity contribution in [3.8, 4) is 5.75 Å². The lowest BCUT2D eigenvalue weighted by Crippen LogP contribution is -2.03. The maximum absolute atomic E-state index is 8.84. The van der Waals surface area contributed by atoms with E-state index in [1.165, 1.54) is 0 Å². The zero-order chi connectivity index (χ0) is 13.5. The second kappa shape index (κ2) is 6.81. The normalized spacial score (nSPS) is 10.4. The number of benzene rings is 2. The van der Waals surface area contributed by atoms with Crippen LogP contribution in [0.25, 0.3) is 0 Å². The van der Waals surface area contributed by atoms with E-state index in [4.69, 9.17) is 15.6 Å². The monoisotopic (exact) mass is 257 g/mol. The molecule has 2 rings (SSSR count). The molecule has 19 heavy (non-hydrogen) atoms. The molecular weight excluding hydrogens is 238 g/mol. The van der Waals surface area contributed by atoms with Crippen LogP contribution in [0.2, 0.25) is 0 Å². The Morgan fingerprint density at radius 3 is 2.37 bits per heavy atom. The van der Waals surface area contributed by atoms with Gasteiger partial charge < -0.3 is 15.6 Å². The van der Waals surface area contributed by atoms with E-state index in [0.29, 0.717) is 13.0 Å². The van der Waals surface area contributed by atoms with Crippen molar-refractivity contribution in [2.75, 3.05) is 18.9 Å². The molecule has 0 bridgehead atoms. The average Bonchev–Trinajstić information content (AvgIpc) is 2.43. The lowest BCUT2D eigenvalue weighted by Gasteiger charge is -2.08. The van der Waals surface area contributed by atoms with E-state index in [0.717, 1.165) is 29.0 Å². The van der Waals surface area contributed by atoms with E-state index in [9.17, 15) is 0 Å². The summed E-state index contributed by atoms with van der Waals surface area (Å²) < 4.78 is 5.68. The maximum atomic E-state index is 8.84. The summed E-state index contributed by atoms with van der Waals surface area (Å²) in [7, 11) is 0. The quantitative estimate of drug-likeness (QED) is 0.781. The Morgan fingerprint density at radius 2 is 1.68 bits per heavy atom. The molecule has 0 unspecified atom stereocenters. The number of aliphatic hydroxyl groups excluding tert-OH is 1. The summed E-state index contributed by atoms with van der Waals surface area (Å²) in [6.45, 7) is 0.779. The Morgan fingerprint density at radius 1 is 0.947 bits per heavy atom. The highest BCUT2D eigenvalue weighted by Gasteiger charge is 1.99. The van der Waals surface area contributed by atoms with Crippen molar-refractivity contribution in [1.29, 1.82) is 0 Å². The van der Waals surface area contributed by atoms with Crippen LogP contribution in [0.3, 0.4) is 0 Å². The van der Waals surface area contributed by atoms with E-state index < -0.39 is 0 Å². The third-order valence-electron chi connectivity index (χ3n) is 3.02. The van der Waals surface area contributed by atoms with Gasteiger partial charge in [-0.3, -0.25) is 0 Å². The van der Waals surface area contributed by atoms with Gasteiger partial charge in [0.05, 0.1) is 6.61 Å². The summed E-state index contributed by atoms with van der Waals surface area (Å²) in [6, 6.07) is 15.6. The van der Waals surface area contributed by atoms with E-state index in [1.807, 2.05) is 48.5 Å². The summed E-state index contributed by atoms with van der Waals surface area (Å²) >= 11 is 0. The Kier molecular flexibility index (Phi) is 4.81. The SMILES string of the molecule is Nc1ccccc1CCOc1ccc(CCO)cc1. The number of nitrogens with two attached hydrogens (primary N) is 1. The van der Waals surface area contributed by atoms with Gasteiger partial charge >= 0.3 is 0 Å². The zero-order valence-corrected chi connectivity index (χ0v) is 10.9. The number of hydrogen-bond donors (Lipinski definition) is 2. The summed E-state index contributed by atoms with van der Waals surface area (Å²) in [5, 5.41) is 8.84. The minimum atomic E-state index is 0.174. The second-order valence-electron chi connectivity index (χ2n) is 4.41. The predicted molar refractivity (Wildman–Crippen MR) is 77.3 cm³/mol. The van der Waals surface area contributed by atoms with Gasteiger partial charge in [0, 0.05) is 18.7 Å². The molecule has 0 radical (unpaired) electrons. The van der Waals surface area contributed by atoms with Gasteiger partial charge in [-0.1, -0.05) is 30.3 Å². The molecule has 0 aliphatic carbocycles. The first-order valence-corrected chi connectivity index (χ1v) is 6.45. The summed E-state index contributed by atoms with van der Waals surface area (Å²) in [6.07, 6.45) is 1.48. The number of aliphatic hydroxyl groups is 1. The van der Waals surface area contributed by atoms with Crippen LogP contribution < -0.4 is 10.5 Å². The van der Waals surface area contributed by atoms with Crippen LogP contribution in [0.15, 0.2) is 48.5 Å². The molecule has 0 saturated heterocycles.